The van der Waals surface area contributed by atoms with Crippen LogP contribution < -0.4 is 0 Å². The second-order valence-corrected chi connectivity index (χ2v) is 10.1. The number of carbonyl (C=O) groups is 1. The fraction of sp³-hybridized carbons (Fsp3) is 0.172. The standard InChI is InChI=1S/C29H26Cl2N4O/c1-19-26(33(3)28(36)29(2,34(19)4)17-20-9-6-5-7-10-20)15-21-11-8-14-35-18-25(32-27(21)35)23-13-12-22(30)16-24(23)31/h5-16,18H,1,17H2,2-4H3/b26-15-. The Bertz CT molecular complexity index is 1530. The summed E-state index contributed by atoms with van der Waals surface area (Å²) in [5, 5.41) is 1.11. The van der Waals surface area contributed by atoms with Crippen molar-refractivity contribution < 1.29 is 4.79 Å². The van der Waals surface area contributed by atoms with Gasteiger partial charge in [0.25, 0.3) is 5.91 Å². The molecule has 182 valence electrons. The highest BCUT2D eigenvalue weighted by Gasteiger charge is 2.46. The summed E-state index contributed by atoms with van der Waals surface area (Å²) in [6.07, 6.45) is 6.42. The Kier molecular flexibility index (Phi) is 6.15. The first-order chi connectivity index (χ1) is 17.2. The number of aromatic nitrogens is 2. The number of halogens is 2. The van der Waals surface area contributed by atoms with Gasteiger partial charge in [0.15, 0.2) is 0 Å². The SMILES string of the molecule is C=C1/C(=C/c2cccn3cc(-c4ccc(Cl)cc4Cl)nc23)N(C)C(=O)C(C)(Cc2ccccc2)N1C. The molecule has 2 aromatic heterocycles. The summed E-state index contributed by atoms with van der Waals surface area (Å²) < 4.78 is 1.95. The lowest BCUT2D eigenvalue weighted by Crippen LogP contribution is -2.61. The Balaban J connectivity index is 1.53. The van der Waals surface area contributed by atoms with Crippen LogP contribution in [-0.2, 0) is 11.2 Å². The number of carbonyl (C=O) groups excluding carboxylic acids is 1. The van der Waals surface area contributed by atoms with E-state index in [0.29, 0.717) is 16.5 Å². The van der Waals surface area contributed by atoms with Crippen LogP contribution in [0, 0.1) is 0 Å². The lowest BCUT2D eigenvalue weighted by atomic mass is 9.86. The van der Waals surface area contributed by atoms with E-state index in [1.54, 1.807) is 24.1 Å². The molecule has 0 bridgehead atoms. The molecule has 0 saturated carbocycles. The van der Waals surface area contributed by atoms with Gasteiger partial charge in [-0.15, -0.1) is 0 Å². The van der Waals surface area contributed by atoms with Crippen molar-refractivity contribution in [3.63, 3.8) is 0 Å². The van der Waals surface area contributed by atoms with Crippen LogP contribution in [-0.4, -0.2) is 44.7 Å². The molecule has 36 heavy (non-hydrogen) atoms. The van der Waals surface area contributed by atoms with E-state index >= 15 is 0 Å². The molecule has 1 saturated heterocycles. The average Bonchev–Trinajstić information content (AvgIpc) is 3.30. The normalized spacial score (nSPS) is 19.5. The average molecular weight is 517 g/mol. The molecule has 3 heterocycles. The molecule has 0 radical (unpaired) electrons. The Labute approximate surface area is 220 Å². The van der Waals surface area contributed by atoms with Gasteiger partial charge in [-0.3, -0.25) is 4.79 Å². The number of amides is 1. The van der Waals surface area contributed by atoms with Crippen LogP contribution in [0.4, 0.5) is 0 Å². The van der Waals surface area contributed by atoms with E-state index in [0.717, 1.165) is 39.4 Å². The summed E-state index contributed by atoms with van der Waals surface area (Å²) in [5.41, 5.74) is 5.01. The molecule has 4 aromatic rings. The third-order valence-electron chi connectivity index (χ3n) is 6.97. The largest absolute Gasteiger partial charge is 0.359 e. The van der Waals surface area contributed by atoms with Crippen LogP contribution in [0.3, 0.4) is 0 Å². The van der Waals surface area contributed by atoms with Gasteiger partial charge >= 0.3 is 0 Å². The van der Waals surface area contributed by atoms with Crippen molar-refractivity contribution in [1.82, 2.24) is 19.2 Å². The first-order valence-corrected chi connectivity index (χ1v) is 12.3. The van der Waals surface area contributed by atoms with Gasteiger partial charge in [-0.05, 0) is 48.9 Å². The highest BCUT2D eigenvalue weighted by atomic mass is 35.5. The van der Waals surface area contributed by atoms with Gasteiger partial charge in [-0.25, -0.2) is 4.98 Å². The van der Waals surface area contributed by atoms with Crippen molar-refractivity contribution >= 4 is 40.8 Å². The smallest absolute Gasteiger partial charge is 0.252 e. The molecule has 5 nitrogen and oxygen atoms in total. The Hall–Kier alpha value is -3.54. The number of likely N-dealkylation sites (N-methyl/N-ethyl adjacent to an activating group) is 2. The molecule has 7 heteroatoms. The lowest BCUT2D eigenvalue weighted by molar-refractivity contribution is -0.141. The minimum Gasteiger partial charge on any atom is -0.359 e. The molecule has 1 aliphatic rings. The first kappa shape index (κ1) is 24.2. The number of pyridine rings is 1. The predicted molar refractivity (Wildman–Crippen MR) is 147 cm³/mol. The second-order valence-electron chi connectivity index (χ2n) is 9.28. The number of hydrogen-bond donors (Lipinski definition) is 0. The summed E-state index contributed by atoms with van der Waals surface area (Å²) >= 11 is 12.5. The van der Waals surface area contributed by atoms with Crippen LogP contribution in [0.5, 0.6) is 0 Å². The van der Waals surface area contributed by atoms with Gasteiger partial charge in [-0.2, -0.15) is 0 Å². The Morgan fingerprint density at radius 3 is 2.53 bits per heavy atom. The van der Waals surface area contributed by atoms with Gasteiger partial charge < -0.3 is 14.2 Å². The van der Waals surface area contributed by atoms with Crippen LogP contribution in [0.15, 0.2) is 91.0 Å². The summed E-state index contributed by atoms with van der Waals surface area (Å²) in [6.45, 7) is 6.32. The van der Waals surface area contributed by atoms with E-state index in [2.05, 4.69) is 6.58 Å². The molecule has 1 atom stereocenters. The minimum atomic E-state index is -0.748. The molecule has 0 N–H and O–H groups in total. The van der Waals surface area contributed by atoms with E-state index in [1.807, 2.05) is 90.3 Å². The Morgan fingerprint density at radius 2 is 1.81 bits per heavy atom. The maximum atomic E-state index is 13.7. The first-order valence-electron chi connectivity index (χ1n) is 11.6. The summed E-state index contributed by atoms with van der Waals surface area (Å²) in [6, 6.07) is 19.4. The maximum absolute atomic E-state index is 13.7. The predicted octanol–water partition coefficient (Wildman–Crippen LogP) is 6.57. The van der Waals surface area contributed by atoms with Crippen molar-refractivity contribution in [1.29, 1.82) is 0 Å². The molecule has 0 aliphatic carbocycles. The molecule has 1 fully saturated rings. The Morgan fingerprint density at radius 1 is 1.06 bits per heavy atom. The zero-order valence-corrected chi connectivity index (χ0v) is 21.9. The molecule has 1 unspecified atom stereocenters. The van der Waals surface area contributed by atoms with E-state index in [4.69, 9.17) is 28.2 Å². The molecule has 2 aromatic carbocycles. The second kappa shape index (κ2) is 9.16. The minimum absolute atomic E-state index is 0.0106. The van der Waals surface area contributed by atoms with E-state index in [1.165, 1.54) is 0 Å². The van der Waals surface area contributed by atoms with Gasteiger partial charge in [0.2, 0.25) is 0 Å². The topological polar surface area (TPSA) is 40.9 Å². The number of fused-ring (bicyclic) bond motifs is 1. The monoisotopic (exact) mass is 516 g/mol. The zero-order valence-electron chi connectivity index (χ0n) is 20.4. The van der Waals surface area contributed by atoms with Gasteiger partial charge in [0.1, 0.15) is 11.2 Å². The van der Waals surface area contributed by atoms with Crippen molar-refractivity contribution in [3.05, 3.63) is 112 Å². The lowest BCUT2D eigenvalue weighted by Gasteiger charge is -2.48. The molecule has 1 amide bonds. The summed E-state index contributed by atoms with van der Waals surface area (Å²) in [4.78, 5) is 22.2. The van der Waals surface area contributed by atoms with Gasteiger partial charge in [-0.1, -0.05) is 60.1 Å². The molecular formula is C29H26Cl2N4O. The van der Waals surface area contributed by atoms with E-state index in [-0.39, 0.29) is 5.91 Å². The summed E-state index contributed by atoms with van der Waals surface area (Å²) in [7, 11) is 3.74. The van der Waals surface area contributed by atoms with Gasteiger partial charge in [0.05, 0.1) is 22.1 Å². The molecule has 0 spiro atoms. The third kappa shape index (κ3) is 4.08. The number of imidazole rings is 1. The van der Waals surface area contributed by atoms with Crippen molar-refractivity contribution in [2.45, 2.75) is 18.9 Å². The quantitative estimate of drug-likeness (QED) is 0.308. The van der Waals surface area contributed by atoms with Crippen LogP contribution in [0.2, 0.25) is 10.0 Å². The zero-order chi connectivity index (χ0) is 25.6. The van der Waals surface area contributed by atoms with Crippen LogP contribution in [0.25, 0.3) is 23.0 Å². The van der Waals surface area contributed by atoms with Crippen LogP contribution >= 0.6 is 23.2 Å². The highest BCUT2D eigenvalue weighted by molar-refractivity contribution is 6.36. The number of hydrogen-bond acceptors (Lipinski definition) is 3. The third-order valence-corrected chi connectivity index (χ3v) is 7.52. The molecule has 5 rings (SSSR count). The van der Waals surface area contributed by atoms with Crippen LogP contribution in [0.1, 0.15) is 18.1 Å². The number of benzene rings is 2. The van der Waals surface area contributed by atoms with E-state index < -0.39 is 5.54 Å². The fourth-order valence-corrected chi connectivity index (χ4v) is 5.27. The summed E-state index contributed by atoms with van der Waals surface area (Å²) in [5.74, 6) is 0.0106. The van der Waals surface area contributed by atoms with Crippen molar-refractivity contribution in [2.75, 3.05) is 14.1 Å². The molecular weight excluding hydrogens is 491 g/mol. The van der Waals surface area contributed by atoms with Gasteiger partial charge in [0, 0.05) is 49.1 Å². The van der Waals surface area contributed by atoms with Crippen molar-refractivity contribution in [3.8, 4) is 11.3 Å². The number of nitrogens with zero attached hydrogens (tertiary/aromatic N) is 4. The maximum Gasteiger partial charge on any atom is 0.252 e. The fourth-order valence-electron chi connectivity index (χ4n) is 4.77. The number of rotatable bonds is 4. The van der Waals surface area contributed by atoms with Crippen molar-refractivity contribution in [2.24, 2.45) is 0 Å². The van der Waals surface area contributed by atoms with E-state index in [9.17, 15) is 4.79 Å². The molecule has 1 aliphatic heterocycles. The number of piperazine rings is 1. The highest BCUT2D eigenvalue weighted by Crippen LogP contribution is 2.36.